The minimum atomic E-state index is -0.609. The van der Waals surface area contributed by atoms with E-state index in [4.69, 9.17) is 17.3 Å². The third-order valence-electron chi connectivity index (χ3n) is 4.75. The third-order valence-corrected chi connectivity index (χ3v) is 6.04. The number of halogens is 1. The van der Waals surface area contributed by atoms with Crippen molar-refractivity contribution in [1.82, 2.24) is 10.3 Å². The van der Waals surface area contributed by atoms with Gasteiger partial charge < -0.3 is 16.4 Å². The molecular weight excluding hydrogens is 384 g/mol. The molecule has 4 N–H and O–H groups in total. The molecule has 0 aromatic carbocycles. The van der Waals surface area contributed by atoms with Gasteiger partial charge in [0, 0.05) is 17.6 Å². The van der Waals surface area contributed by atoms with E-state index in [1.807, 2.05) is 6.07 Å². The SMILES string of the molecule is NC(=O)C(CC1CCCC1)NC(=O)c1ccc(CNc2cncc(Cl)c2)s1. The van der Waals surface area contributed by atoms with Gasteiger partial charge in [0.05, 0.1) is 21.8 Å². The molecule has 1 fully saturated rings. The van der Waals surface area contributed by atoms with E-state index in [2.05, 4.69) is 15.6 Å². The summed E-state index contributed by atoms with van der Waals surface area (Å²) in [7, 11) is 0. The first-order chi connectivity index (χ1) is 13.0. The first kappa shape index (κ1) is 19.6. The van der Waals surface area contributed by atoms with Crippen LogP contribution in [0.4, 0.5) is 5.69 Å². The maximum atomic E-state index is 12.5. The van der Waals surface area contributed by atoms with Gasteiger partial charge in [-0.15, -0.1) is 11.3 Å². The van der Waals surface area contributed by atoms with Crippen LogP contribution in [0.25, 0.3) is 0 Å². The number of thiophene rings is 1. The number of hydrogen-bond acceptors (Lipinski definition) is 5. The molecule has 6 nitrogen and oxygen atoms in total. The average molecular weight is 407 g/mol. The van der Waals surface area contributed by atoms with Crippen molar-refractivity contribution in [1.29, 1.82) is 0 Å². The number of nitrogens with zero attached hydrogens (tertiary/aromatic N) is 1. The Morgan fingerprint density at radius 1 is 1.30 bits per heavy atom. The monoisotopic (exact) mass is 406 g/mol. The van der Waals surface area contributed by atoms with Crippen LogP contribution >= 0.6 is 22.9 Å². The van der Waals surface area contributed by atoms with Crippen molar-refractivity contribution in [3.8, 4) is 0 Å². The number of nitrogens with two attached hydrogens (primary N) is 1. The van der Waals surface area contributed by atoms with E-state index in [0.29, 0.717) is 28.8 Å². The van der Waals surface area contributed by atoms with Gasteiger partial charge in [-0.3, -0.25) is 14.6 Å². The van der Waals surface area contributed by atoms with E-state index >= 15 is 0 Å². The molecule has 1 saturated carbocycles. The molecule has 3 rings (SSSR count). The number of hydrogen-bond donors (Lipinski definition) is 3. The van der Waals surface area contributed by atoms with Crippen LogP contribution in [-0.2, 0) is 11.3 Å². The van der Waals surface area contributed by atoms with E-state index in [-0.39, 0.29) is 5.91 Å². The second-order valence-electron chi connectivity index (χ2n) is 6.83. The van der Waals surface area contributed by atoms with Crippen molar-refractivity contribution in [2.45, 2.75) is 44.7 Å². The van der Waals surface area contributed by atoms with Gasteiger partial charge >= 0.3 is 0 Å². The zero-order valence-electron chi connectivity index (χ0n) is 14.9. The van der Waals surface area contributed by atoms with E-state index in [1.54, 1.807) is 24.5 Å². The highest BCUT2D eigenvalue weighted by molar-refractivity contribution is 7.14. The minimum absolute atomic E-state index is 0.252. The molecule has 1 aliphatic carbocycles. The van der Waals surface area contributed by atoms with E-state index in [0.717, 1.165) is 23.4 Å². The molecule has 27 heavy (non-hydrogen) atoms. The number of nitrogens with one attached hydrogen (secondary N) is 2. The van der Waals surface area contributed by atoms with Gasteiger partial charge in [0.15, 0.2) is 0 Å². The molecule has 0 bridgehead atoms. The Morgan fingerprint density at radius 3 is 2.78 bits per heavy atom. The molecule has 2 heterocycles. The predicted molar refractivity (Wildman–Crippen MR) is 108 cm³/mol. The Kier molecular flexibility index (Phi) is 6.68. The maximum Gasteiger partial charge on any atom is 0.262 e. The summed E-state index contributed by atoms with van der Waals surface area (Å²) in [5, 5.41) is 6.58. The first-order valence-corrected chi connectivity index (χ1v) is 10.2. The molecule has 2 aromatic rings. The van der Waals surface area contributed by atoms with Gasteiger partial charge in [-0.2, -0.15) is 0 Å². The Hall–Kier alpha value is -2.12. The lowest BCUT2D eigenvalue weighted by atomic mass is 9.98. The van der Waals surface area contributed by atoms with Gasteiger partial charge in [-0.05, 0) is 30.5 Å². The van der Waals surface area contributed by atoms with Crippen LogP contribution < -0.4 is 16.4 Å². The van der Waals surface area contributed by atoms with Crippen LogP contribution in [0.15, 0.2) is 30.6 Å². The lowest BCUT2D eigenvalue weighted by Crippen LogP contribution is -2.45. The van der Waals surface area contributed by atoms with Crippen molar-refractivity contribution in [2.24, 2.45) is 11.7 Å². The Bertz CT molecular complexity index is 805. The van der Waals surface area contributed by atoms with Crippen LogP contribution in [0, 0.1) is 5.92 Å². The van der Waals surface area contributed by atoms with Crippen LogP contribution in [0.3, 0.4) is 0 Å². The largest absolute Gasteiger partial charge is 0.379 e. The molecule has 1 atom stereocenters. The van der Waals surface area contributed by atoms with Crippen LogP contribution in [-0.4, -0.2) is 22.8 Å². The Labute approximate surface area is 167 Å². The second-order valence-corrected chi connectivity index (χ2v) is 8.43. The number of aromatic nitrogens is 1. The van der Waals surface area contributed by atoms with E-state index in [1.165, 1.54) is 24.2 Å². The molecule has 1 unspecified atom stereocenters. The van der Waals surface area contributed by atoms with Gasteiger partial charge in [0.1, 0.15) is 6.04 Å². The predicted octanol–water partition coefficient (Wildman–Crippen LogP) is 3.57. The summed E-state index contributed by atoms with van der Waals surface area (Å²) >= 11 is 7.30. The lowest BCUT2D eigenvalue weighted by molar-refractivity contribution is -0.120. The fraction of sp³-hybridized carbons (Fsp3) is 0.421. The number of rotatable bonds is 8. The van der Waals surface area contributed by atoms with Crippen molar-refractivity contribution in [3.05, 3.63) is 45.4 Å². The summed E-state index contributed by atoms with van der Waals surface area (Å²) in [6.45, 7) is 0.557. The molecule has 2 amide bonds. The summed E-state index contributed by atoms with van der Waals surface area (Å²) in [5.41, 5.74) is 6.31. The van der Waals surface area contributed by atoms with Crippen LogP contribution in [0.5, 0.6) is 0 Å². The average Bonchev–Trinajstić information content (AvgIpc) is 3.31. The van der Waals surface area contributed by atoms with Gasteiger partial charge in [-0.1, -0.05) is 37.3 Å². The molecule has 0 spiro atoms. The quantitative estimate of drug-likeness (QED) is 0.624. The minimum Gasteiger partial charge on any atom is -0.379 e. The second kappa shape index (κ2) is 9.19. The van der Waals surface area contributed by atoms with Gasteiger partial charge in [0.2, 0.25) is 5.91 Å². The number of primary amides is 1. The molecule has 144 valence electrons. The van der Waals surface area contributed by atoms with Crippen molar-refractivity contribution in [3.63, 3.8) is 0 Å². The molecule has 0 aliphatic heterocycles. The molecule has 8 heteroatoms. The smallest absolute Gasteiger partial charge is 0.262 e. The normalized spacial score (nSPS) is 15.4. The maximum absolute atomic E-state index is 12.5. The molecule has 2 aromatic heterocycles. The Morgan fingerprint density at radius 2 is 2.07 bits per heavy atom. The standard InChI is InChI=1S/C19H23ClN4O2S/c20-13-8-14(10-22-9-13)23-11-15-5-6-17(27-15)19(26)24-16(18(21)25)7-12-3-1-2-4-12/h5-6,8-10,12,16,23H,1-4,7,11H2,(H2,21,25)(H,24,26). The summed E-state index contributed by atoms with van der Waals surface area (Å²) in [5.74, 6) is -0.253. The Balaban J connectivity index is 1.55. The number of amides is 2. The number of carbonyl (C=O) groups is 2. The van der Waals surface area contributed by atoms with E-state index in [9.17, 15) is 9.59 Å². The summed E-state index contributed by atoms with van der Waals surface area (Å²) in [6.07, 6.45) is 8.47. The fourth-order valence-corrected chi connectivity index (χ4v) is 4.37. The topological polar surface area (TPSA) is 97.1 Å². The number of anilines is 1. The molecule has 1 aliphatic rings. The van der Waals surface area contributed by atoms with Gasteiger partial charge in [0.25, 0.3) is 5.91 Å². The summed E-state index contributed by atoms with van der Waals surface area (Å²) < 4.78 is 0. The van der Waals surface area contributed by atoms with Crippen molar-refractivity contribution < 1.29 is 9.59 Å². The number of pyridine rings is 1. The highest BCUT2D eigenvalue weighted by Crippen LogP contribution is 2.28. The van der Waals surface area contributed by atoms with Gasteiger partial charge in [-0.25, -0.2) is 0 Å². The fourth-order valence-electron chi connectivity index (χ4n) is 3.35. The number of carbonyl (C=O) groups excluding carboxylic acids is 2. The molecule has 0 radical (unpaired) electrons. The summed E-state index contributed by atoms with van der Waals surface area (Å²) in [4.78, 5) is 29.8. The van der Waals surface area contributed by atoms with Crippen molar-refractivity contribution >= 4 is 40.4 Å². The van der Waals surface area contributed by atoms with E-state index < -0.39 is 11.9 Å². The van der Waals surface area contributed by atoms with Crippen LogP contribution in [0.1, 0.15) is 46.7 Å². The molecular formula is C19H23ClN4O2S. The first-order valence-electron chi connectivity index (χ1n) is 9.04. The highest BCUT2D eigenvalue weighted by Gasteiger charge is 2.25. The van der Waals surface area contributed by atoms with Crippen LogP contribution in [0.2, 0.25) is 5.02 Å². The summed E-state index contributed by atoms with van der Waals surface area (Å²) in [6, 6.07) is 4.83. The lowest BCUT2D eigenvalue weighted by Gasteiger charge is -2.18. The third kappa shape index (κ3) is 5.68. The zero-order chi connectivity index (χ0) is 19.2. The van der Waals surface area contributed by atoms with Crippen molar-refractivity contribution in [2.75, 3.05) is 5.32 Å². The highest BCUT2D eigenvalue weighted by atomic mass is 35.5. The zero-order valence-corrected chi connectivity index (χ0v) is 16.5. The molecule has 0 saturated heterocycles.